The summed E-state index contributed by atoms with van der Waals surface area (Å²) < 4.78 is 0. The van der Waals surface area contributed by atoms with Crippen molar-refractivity contribution in [2.45, 2.75) is 13.8 Å². The fourth-order valence-electron chi connectivity index (χ4n) is 1.09. The largest absolute Gasteiger partial charge is 0.270 e. The molecule has 1 rings (SSSR count). The zero-order valence-electron chi connectivity index (χ0n) is 8.28. The number of hydrogen-bond donors (Lipinski definition) is 0. The molecule has 0 bridgehead atoms. The van der Waals surface area contributed by atoms with Crippen LogP contribution < -0.4 is 0 Å². The predicted molar refractivity (Wildman–Crippen MR) is 57.8 cm³/mol. The van der Waals surface area contributed by atoms with Crippen LogP contribution in [0.25, 0.3) is 0 Å². The highest BCUT2D eigenvalue weighted by molar-refractivity contribution is 6.02. The van der Waals surface area contributed by atoms with Gasteiger partial charge in [0.05, 0.1) is 0 Å². The maximum absolute atomic E-state index is 4.17. The standard InChI is InChI=1S/C11H14N2/c1-4-13-11(12-3)10-7-5-9(2)6-8-10/h4-8H,1-3H3. The van der Waals surface area contributed by atoms with E-state index in [1.165, 1.54) is 5.56 Å². The van der Waals surface area contributed by atoms with E-state index < -0.39 is 0 Å². The van der Waals surface area contributed by atoms with E-state index in [4.69, 9.17) is 0 Å². The average molecular weight is 174 g/mol. The third kappa shape index (κ3) is 2.51. The Morgan fingerprint density at radius 2 is 1.85 bits per heavy atom. The van der Waals surface area contributed by atoms with Gasteiger partial charge in [0, 0.05) is 18.8 Å². The molecule has 1 aromatic carbocycles. The van der Waals surface area contributed by atoms with Crippen LogP contribution in [0.1, 0.15) is 18.1 Å². The molecule has 0 aliphatic rings. The van der Waals surface area contributed by atoms with Gasteiger partial charge in [-0.1, -0.05) is 29.8 Å². The third-order valence-corrected chi connectivity index (χ3v) is 1.77. The molecule has 0 saturated carbocycles. The highest BCUT2D eigenvalue weighted by Gasteiger charge is 1.97. The second-order valence-corrected chi connectivity index (χ2v) is 2.80. The third-order valence-electron chi connectivity index (χ3n) is 1.77. The molecule has 0 amide bonds. The Bertz CT molecular complexity index is 320. The van der Waals surface area contributed by atoms with E-state index in [9.17, 15) is 0 Å². The van der Waals surface area contributed by atoms with Crippen LogP contribution in [0.3, 0.4) is 0 Å². The molecular formula is C11H14N2. The van der Waals surface area contributed by atoms with Crippen molar-refractivity contribution < 1.29 is 0 Å². The van der Waals surface area contributed by atoms with Crippen molar-refractivity contribution in [1.82, 2.24) is 0 Å². The first-order valence-electron chi connectivity index (χ1n) is 4.30. The first kappa shape index (κ1) is 9.65. The zero-order valence-corrected chi connectivity index (χ0v) is 8.28. The summed E-state index contributed by atoms with van der Waals surface area (Å²) in [5.74, 6) is 0.780. The smallest absolute Gasteiger partial charge is 0.153 e. The van der Waals surface area contributed by atoms with Gasteiger partial charge in [-0.25, -0.2) is 4.99 Å². The Balaban J connectivity index is 3.00. The molecule has 0 unspecified atom stereocenters. The maximum atomic E-state index is 4.17. The van der Waals surface area contributed by atoms with Crippen LogP contribution >= 0.6 is 0 Å². The van der Waals surface area contributed by atoms with Gasteiger partial charge in [-0.05, 0) is 13.8 Å². The van der Waals surface area contributed by atoms with Crippen molar-refractivity contribution in [2.24, 2.45) is 9.98 Å². The minimum atomic E-state index is 0.780. The summed E-state index contributed by atoms with van der Waals surface area (Å²) in [5.41, 5.74) is 2.31. The summed E-state index contributed by atoms with van der Waals surface area (Å²) in [5, 5.41) is 0. The van der Waals surface area contributed by atoms with Crippen LogP contribution in [0, 0.1) is 6.92 Å². The summed E-state index contributed by atoms with van der Waals surface area (Å²) in [6, 6.07) is 8.19. The summed E-state index contributed by atoms with van der Waals surface area (Å²) in [4.78, 5) is 8.26. The molecule has 0 spiro atoms. The van der Waals surface area contributed by atoms with Crippen molar-refractivity contribution in [3.05, 3.63) is 35.4 Å². The number of hydrogen-bond acceptors (Lipinski definition) is 1. The Kier molecular flexibility index (Phi) is 3.38. The van der Waals surface area contributed by atoms with Gasteiger partial charge in [-0.3, -0.25) is 4.99 Å². The Morgan fingerprint density at radius 3 is 2.31 bits per heavy atom. The summed E-state index contributed by atoms with van der Waals surface area (Å²) in [6.07, 6.45) is 1.75. The minimum absolute atomic E-state index is 0.780. The molecule has 0 aliphatic heterocycles. The average Bonchev–Trinajstić information content (AvgIpc) is 2.16. The van der Waals surface area contributed by atoms with Gasteiger partial charge in [0.2, 0.25) is 0 Å². The lowest BCUT2D eigenvalue weighted by molar-refractivity contribution is 1.38. The number of aryl methyl sites for hydroxylation is 1. The van der Waals surface area contributed by atoms with Gasteiger partial charge in [0.25, 0.3) is 0 Å². The fourth-order valence-corrected chi connectivity index (χ4v) is 1.09. The minimum Gasteiger partial charge on any atom is -0.270 e. The first-order chi connectivity index (χ1) is 6.27. The van der Waals surface area contributed by atoms with Crippen molar-refractivity contribution in [1.29, 1.82) is 0 Å². The first-order valence-corrected chi connectivity index (χ1v) is 4.30. The quantitative estimate of drug-likeness (QED) is 0.461. The fraction of sp³-hybridized carbons (Fsp3) is 0.273. The van der Waals surface area contributed by atoms with Crippen molar-refractivity contribution in [3.8, 4) is 0 Å². The second-order valence-electron chi connectivity index (χ2n) is 2.80. The molecule has 0 aromatic heterocycles. The van der Waals surface area contributed by atoms with Crippen LogP contribution in [0.4, 0.5) is 0 Å². The molecule has 2 heteroatoms. The Morgan fingerprint density at radius 1 is 1.23 bits per heavy atom. The number of aliphatic imine (C=N–C) groups is 2. The number of rotatable bonds is 1. The second kappa shape index (κ2) is 4.55. The Labute approximate surface area is 79.0 Å². The summed E-state index contributed by atoms with van der Waals surface area (Å²) in [6.45, 7) is 3.95. The van der Waals surface area contributed by atoms with Gasteiger partial charge in [-0.2, -0.15) is 0 Å². The van der Waals surface area contributed by atoms with Gasteiger partial charge in [0.15, 0.2) is 5.84 Å². The normalized spacial score (nSPS) is 12.4. The van der Waals surface area contributed by atoms with E-state index in [1.54, 1.807) is 13.3 Å². The van der Waals surface area contributed by atoms with E-state index in [1.807, 2.05) is 19.1 Å². The van der Waals surface area contributed by atoms with Gasteiger partial charge >= 0.3 is 0 Å². The molecular weight excluding hydrogens is 160 g/mol. The monoisotopic (exact) mass is 174 g/mol. The topological polar surface area (TPSA) is 24.7 Å². The molecule has 0 aliphatic carbocycles. The van der Waals surface area contributed by atoms with Crippen LogP contribution in [0.15, 0.2) is 34.3 Å². The SMILES string of the molecule is CC=NC(=NC)c1ccc(C)cc1. The molecule has 0 radical (unpaired) electrons. The van der Waals surface area contributed by atoms with E-state index in [0.717, 1.165) is 11.4 Å². The van der Waals surface area contributed by atoms with Crippen LogP contribution in [-0.4, -0.2) is 19.1 Å². The molecule has 0 atom stereocenters. The van der Waals surface area contributed by atoms with E-state index in [0.29, 0.717) is 0 Å². The van der Waals surface area contributed by atoms with Crippen LogP contribution in [-0.2, 0) is 0 Å². The van der Waals surface area contributed by atoms with E-state index >= 15 is 0 Å². The maximum Gasteiger partial charge on any atom is 0.153 e. The van der Waals surface area contributed by atoms with Gasteiger partial charge in [0.1, 0.15) is 0 Å². The molecule has 2 nitrogen and oxygen atoms in total. The van der Waals surface area contributed by atoms with Gasteiger partial charge < -0.3 is 0 Å². The highest BCUT2D eigenvalue weighted by Crippen LogP contribution is 2.05. The lowest BCUT2D eigenvalue weighted by Gasteiger charge is -1.99. The lowest BCUT2D eigenvalue weighted by atomic mass is 10.1. The van der Waals surface area contributed by atoms with E-state index in [-0.39, 0.29) is 0 Å². The number of benzene rings is 1. The van der Waals surface area contributed by atoms with E-state index in [2.05, 4.69) is 29.0 Å². The number of amidine groups is 1. The van der Waals surface area contributed by atoms with Crippen LogP contribution in [0.5, 0.6) is 0 Å². The molecule has 0 N–H and O–H groups in total. The molecule has 68 valence electrons. The molecule has 13 heavy (non-hydrogen) atoms. The molecule has 0 heterocycles. The summed E-state index contributed by atoms with van der Waals surface area (Å²) >= 11 is 0. The zero-order chi connectivity index (χ0) is 9.68. The lowest BCUT2D eigenvalue weighted by Crippen LogP contribution is -1.96. The highest BCUT2D eigenvalue weighted by atomic mass is 14.9. The van der Waals surface area contributed by atoms with Crippen molar-refractivity contribution in [3.63, 3.8) is 0 Å². The van der Waals surface area contributed by atoms with Crippen LogP contribution in [0.2, 0.25) is 0 Å². The molecule has 0 saturated heterocycles. The predicted octanol–water partition coefficient (Wildman–Crippen LogP) is 2.46. The van der Waals surface area contributed by atoms with Gasteiger partial charge in [-0.15, -0.1) is 0 Å². The van der Waals surface area contributed by atoms with Crippen molar-refractivity contribution >= 4 is 12.1 Å². The Hall–Kier alpha value is -1.44. The molecule has 0 fully saturated rings. The molecule has 1 aromatic rings. The summed E-state index contributed by atoms with van der Waals surface area (Å²) in [7, 11) is 1.75. The number of nitrogens with zero attached hydrogens (tertiary/aromatic N) is 2. The van der Waals surface area contributed by atoms with Crippen molar-refractivity contribution in [2.75, 3.05) is 7.05 Å².